The van der Waals surface area contributed by atoms with Crippen LogP contribution in [0.4, 0.5) is 10.6 Å². The lowest BCUT2D eigenvalue weighted by atomic mass is 10.0. The first-order valence-electron chi connectivity index (χ1n) is 8.20. The minimum Gasteiger partial charge on any atom is -0.345 e. The fourth-order valence-electron chi connectivity index (χ4n) is 2.66. The Morgan fingerprint density at radius 1 is 1.16 bits per heavy atom. The van der Waals surface area contributed by atoms with Gasteiger partial charge in [-0.05, 0) is 48.6 Å². The predicted molar refractivity (Wildman–Crippen MR) is 94.1 cm³/mol. The average molecular weight is 339 g/mol. The summed E-state index contributed by atoms with van der Waals surface area (Å²) in [6.45, 7) is 0. The molecule has 25 heavy (non-hydrogen) atoms. The Hall–Kier alpha value is -2.96. The summed E-state index contributed by atoms with van der Waals surface area (Å²) in [5.74, 6) is 0.649. The van der Waals surface area contributed by atoms with E-state index in [1.165, 1.54) is 11.1 Å². The maximum Gasteiger partial charge on any atom is 0.320 e. The molecule has 7 heteroatoms. The Balaban J connectivity index is 1.68. The second-order valence-corrected chi connectivity index (χ2v) is 6.32. The van der Waals surface area contributed by atoms with Crippen molar-refractivity contribution in [2.24, 2.45) is 5.92 Å². The first kappa shape index (κ1) is 16.9. The molecule has 2 N–H and O–H groups in total. The molecule has 1 aliphatic rings. The van der Waals surface area contributed by atoms with Crippen LogP contribution in [0.15, 0.2) is 42.9 Å². The third-order valence-electron chi connectivity index (χ3n) is 4.10. The van der Waals surface area contributed by atoms with Gasteiger partial charge in [-0.1, -0.05) is 0 Å². The van der Waals surface area contributed by atoms with Crippen LogP contribution >= 0.6 is 0 Å². The molecule has 0 aromatic carbocycles. The lowest BCUT2D eigenvalue weighted by molar-refractivity contribution is 0.0827. The van der Waals surface area contributed by atoms with Crippen molar-refractivity contribution < 1.29 is 9.59 Å². The SMILES string of the molecule is CN(C)C(=O)c1ccnc(NC(=O)NC(c2ccncc2)C2CC2)c1. The van der Waals surface area contributed by atoms with Crippen molar-refractivity contribution in [3.05, 3.63) is 54.0 Å². The highest BCUT2D eigenvalue weighted by molar-refractivity contribution is 5.96. The van der Waals surface area contributed by atoms with E-state index in [1.54, 1.807) is 38.6 Å². The monoisotopic (exact) mass is 339 g/mol. The highest BCUT2D eigenvalue weighted by Gasteiger charge is 2.33. The van der Waals surface area contributed by atoms with E-state index in [4.69, 9.17) is 0 Å². The van der Waals surface area contributed by atoms with Crippen molar-refractivity contribution >= 4 is 17.8 Å². The zero-order valence-electron chi connectivity index (χ0n) is 14.3. The number of nitrogens with one attached hydrogen (secondary N) is 2. The number of hydrogen-bond donors (Lipinski definition) is 2. The summed E-state index contributed by atoms with van der Waals surface area (Å²) in [6.07, 6.45) is 7.15. The zero-order chi connectivity index (χ0) is 17.8. The molecule has 2 aromatic rings. The quantitative estimate of drug-likeness (QED) is 0.876. The topological polar surface area (TPSA) is 87.2 Å². The molecular formula is C18H21N5O2. The van der Waals surface area contributed by atoms with Crippen LogP contribution in [0.2, 0.25) is 0 Å². The summed E-state index contributed by atoms with van der Waals surface area (Å²) >= 11 is 0. The van der Waals surface area contributed by atoms with Gasteiger partial charge < -0.3 is 10.2 Å². The van der Waals surface area contributed by atoms with Crippen LogP contribution in [-0.2, 0) is 0 Å². The molecule has 0 radical (unpaired) electrons. The van der Waals surface area contributed by atoms with Gasteiger partial charge in [0.1, 0.15) is 5.82 Å². The van der Waals surface area contributed by atoms with Crippen molar-refractivity contribution in [2.75, 3.05) is 19.4 Å². The molecule has 1 fully saturated rings. The molecule has 1 unspecified atom stereocenters. The molecule has 3 rings (SSSR count). The third-order valence-corrected chi connectivity index (χ3v) is 4.10. The van der Waals surface area contributed by atoms with Gasteiger partial charge in [-0.15, -0.1) is 0 Å². The normalized spacial score (nSPS) is 14.5. The highest BCUT2D eigenvalue weighted by atomic mass is 16.2. The Morgan fingerprint density at radius 3 is 2.52 bits per heavy atom. The van der Waals surface area contributed by atoms with Gasteiger partial charge in [-0.25, -0.2) is 9.78 Å². The molecule has 0 bridgehead atoms. The molecule has 2 aromatic heterocycles. The Morgan fingerprint density at radius 2 is 1.88 bits per heavy atom. The summed E-state index contributed by atoms with van der Waals surface area (Å²) < 4.78 is 0. The molecule has 1 saturated carbocycles. The molecule has 0 spiro atoms. The standard InChI is InChI=1S/C18H21N5O2/c1-23(2)17(24)14-7-10-20-15(11-14)21-18(25)22-16(12-3-4-12)13-5-8-19-9-6-13/h5-12,16H,3-4H2,1-2H3,(H2,20,21,22,25). The summed E-state index contributed by atoms with van der Waals surface area (Å²) in [7, 11) is 3.36. The molecule has 130 valence electrons. The Kier molecular flexibility index (Phi) is 4.92. The van der Waals surface area contributed by atoms with Gasteiger partial charge in [0, 0.05) is 38.2 Å². The first-order chi connectivity index (χ1) is 12.0. The van der Waals surface area contributed by atoms with E-state index in [2.05, 4.69) is 20.6 Å². The van der Waals surface area contributed by atoms with Gasteiger partial charge in [-0.2, -0.15) is 0 Å². The van der Waals surface area contributed by atoms with E-state index in [0.29, 0.717) is 17.3 Å². The zero-order valence-corrected chi connectivity index (χ0v) is 14.3. The summed E-state index contributed by atoms with van der Waals surface area (Å²) in [5, 5.41) is 5.71. The molecular weight excluding hydrogens is 318 g/mol. The predicted octanol–water partition coefficient (Wildman–Crippen LogP) is 2.45. The van der Waals surface area contributed by atoms with E-state index in [9.17, 15) is 9.59 Å². The Labute approximate surface area is 146 Å². The highest BCUT2D eigenvalue weighted by Crippen LogP contribution is 2.40. The number of pyridine rings is 2. The van der Waals surface area contributed by atoms with E-state index < -0.39 is 0 Å². The summed E-state index contributed by atoms with van der Waals surface area (Å²) in [6, 6.07) is 6.64. The number of hydrogen-bond acceptors (Lipinski definition) is 4. The van der Waals surface area contributed by atoms with Gasteiger partial charge >= 0.3 is 6.03 Å². The number of anilines is 1. The van der Waals surface area contributed by atoms with Crippen molar-refractivity contribution in [1.82, 2.24) is 20.2 Å². The van der Waals surface area contributed by atoms with Gasteiger partial charge in [0.25, 0.3) is 5.91 Å². The molecule has 2 heterocycles. The van der Waals surface area contributed by atoms with Crippen LogP contribution in [0.3, 0.4) is 0 Å². The van der Waals surface area contributed by atoms with Crippen LogP contribution in [-0.4, -0.2) is 40.9 Å². The maximum absolute atomic E-state index is 12.4. The maximum atomic E-state index is 12.4. The minimum atomic E-state index is -0.337. The lowest BCUT2D eigenvalue weighted by Gasteiger charge is -2.19. The summed E-state index contributed by atoms with van der Waals surface area (Å²) in [4.78, 5) is 34.0. The minimum absolute atomic E-state index is 0.0467. The van der Waals surface area contributed by atoms with Crippen molar-refractivity contribution in [2.45, 2.75) is 18.9 Å². The van der Waals surface area contributed by atoms with Crippen LogP contribution in [0.25, 0.3) is 0 Å². The number of carbonyl (C=O) groups is 2. The second-order valence-electron chi connectivity index (χ2n) is 6.32. The van der Waals surface area contributed by atoms with Gasteiger partial charge in [-0.3, -0.25) is 15.1 Å². The number of nitrogens with zero attached hydrogens (tertiary/aromatic N) is 3. The molecule has 3 amide bonds. The lowest BCUT2D eigenvalue weighted by Crippen LogP contribution is -2.34. The average Bonchev–Trinajstić information content (AvgIpc) is 3.45. The molecule has 7 nitrogen and oxygen atoms in total. The number of urea groups is 1. The van der Waals surface area contributed by atoms with Gasteiger partial charge in [0.05, 0.1) is 6.04 Å². The van der Waals surface area contributed by atoms with Crippen LogP contribution in [0, 0.1) is 5.92 Å². The molecule has 1 atom stereocenters. The molecule has 0 aliphatic heterocycles. The number of rotatable bonds is 5. The fraction of sp³-hybridized carbons (Fsp3) is 0.333. The first-order valence-corrected chi connectivity index (χ1v) is 8.20. The van der Waals surface area contributed by atoms with E-state index >= 15 is 0 Å². The molecule has 1 aliphatic carbocycles. The van der Waals surface area contributed by atoms with E-state index in [0.717, 1.165) is 18.4 Å². The third kappa shape index (κ3) is 4.32. The van der Waals surface area contributed by atoms with Gasteiger partial charge in [0.15, 0.2) is 0 Å². The van der Waals surface area contributed by atoms with Crippen LogP contribution in [0.5, 0.6) is 0 Å². The van der Waals surface area contributed by atoms with Crippen molar-refractivity contribution in [1.29, 1.82) is 0 Å². The smallest absolute Gasteiger partial charge is 0.320 e. The number of carbonyl (C=O) groups excluding carboxylic acids is 2. The largest absolute Gasteiger partial charge is 0.345 e. The Bertz CT molecular complexity index is 759. The molecule has 0 saturated heterocycles. The number of aromatic nitrogens is 2. The van der Waals surface area contributed by atoms with Crippen LogP contribution < -0.4 is 10.6 Å². The van der Waals surface area contributed by atoms with Crippen LogP contribution in [0.1, 0.15) is 34.8 Å². The number of amides is 3. The van der Waals surface area contributed by atoms with E-state index in [1.807, 2.05) is 12.1 Å². The van der Waals surface area contributed by atoms with Crippen molar-refractivity contribution in [3.8, 4) is 0 Å². The van der Waals surface area contributed by atoms with E-state index in [-0.39, 0.29) is 18.0 Å². The van der Waals surface area contributed by atoms with Gasteiger partial charge in [0.2, 0.25) is 0 Å². The summed E-state index contributed by atoms with van der Waals surface area (Å²) in [5.41, 5.74) is 1.51. The fourth-order valence-corrected chi connectivity index (χ4v) is 2.66. The second kappa shape index (κ2) is 7.29. The van der Waals surface area contributed by atoms with Crippen molar-refractivity contribution in [3.63, 3.8) is 0 Å².